The standard InChI is InChI=1S/C13H14F3N3O2S/c1-8(2)12-17-11(10-6-4-9(3)5-7-10)18-19(12)22(20,21)13(14,15)16/h4-8H,1-3H3. The summed E-state index contributed by atoms with van der Waals surface area (Å²) in [5, 5.41) is 3.57. The molecule has 0 aliphatic carbocycles. The molecule has 120 valence electrons. The molecule has 2 rings (SSSR count). The molecule has 0 spiro atoms. The first-order chi connectivity index (χ1) is 10.0. The van der Waals surface area contributed by atoms with Gasteiger partial charge in [0.25, 0.3) is 0 Å². The van der Waals surface area contributed by atoms with E-state index >= 15 is 0 Å². The Morgan fingerprint density at radius 2 is 1.68 bits per heavy atom. The highest BCUT2D eigenvalue weighted by Crippen LogP contribution is 2.29. The molecule has 0 saturated heterocycles. The zero-order valence-corrected chi connectivity index (χ0v) is 12.9. The van der Waals surface area contributed by atoms with E-state index in [1.165, 1.54) is 0 Å². The summed E-state index contributed by atoms with van der Waals surface area (Å²) in [5.74, 6) is -0.853. The summed E-state index contributed by atoms with van der Waals surface area (Å²) in [6.07, 6.45) is 0. The first kappa shape index (κ1) is 16.5. The number of alkyl halides is 3. The van der Waals surface area contributed by atoms with E-state index in [1.54, 1.807) is 38.1 Å². The molecule has 0 aliphatic heterocycles. The quantitative estimate of drug-likeness (QED) is 0.866. The lowest BCUT2D eigenvalue weighted by Crippen LogP contribution is -2.32. The van der Waals surface area contributed by atoms with E-state index in [0.717, 1.165) is 5.56 Å². The van der Waals surface area contributed by atoms with Crippen LogP contribution in [0.3, 0.4) is 0 Å². The van der Waals surface area contributed by atoms with Gasteiger partial charge in [0.05, 0.1) is 0 Å². The zero-order chi connectivity index (χ0) is 16.7. The lowest BCUT2D eigenvalue weighted by Gasteiger charge is -2.10. The van der Waals surface area contributed by atoms with Gasteiger partial charge in [0.1, 0.15) is 5.82 Å². The van der Waals surface area contributed by atoms with Crippen LogP contribution in [0, 0.1) is 6.92 Å². The van der Waals surface area contributed by atoms with Crippen molar-refractivity contribution < 1.29 is 21.6 Å². The van der Waals surface area contributed by atoms with E-state index in [4.69, 9.17) is 0 Å². The van der Waals surface area contributed by atoms with E-state index in [9.17, 15) is 21.6 Å². The largest absolute Gasteiger partial charge is 0.518 e. The molecule has 22 heavy (non-hydrogen) atoms. The van der Waals surface area contributed by atoms with Crippen LogP contribution in [0.5, 0.6) is 0 Å². The van der Waals surface area contributed by atoms with Crippen molar-refractivity contribution in [3.63, 3.8) is 0 Å². The molecule has 5 nitrogen and oxygen atoms in total. The molecule has 0 amide bonds. The fourth-order valence-corrected chi connectivity index (χ4v) is 2.64. The second-order valence-electron chi connectivity index (χ2n) is 5.11. The van der Waals surface area contributed by atoms with Crippen molar-refractivity contribution in [1.82, 2.24) is 14.2 Å². The lowest BCUT2D eigenvalue weighted by molar-refractivity contribution is -0.0450. The van der Waals surface area contributed by atoms with Gasteiger partial charge in [0.2, 0.25) is 0 Å². The maximum absolute atomic E-state index is 12.8. The van der Waals surface area contributed by atoms with Gasteiger partial charge < -0.3 is 0 Å². The van der Waals surface area contributed by atoms with Crippen LogP contribution in [0.1, 0.15) is 31.2 Å². The number of aromatic nitrogens is 3. The molecule has 0 fully saturated rings. The van der Waals surface area contributed by atoms with Gasteiger partial charge in [-0.3, -0.25) is 0 Å². The van der Waals surface area contributed by atoms with E-state index in [1.807, 2.05) is 6.92 Å². The van der Waals surface area contributed by atoms with Gasteiger partial charge in [-0.15, -0.1) is 9.19 Å². The normalized spacial score (nSPS) is 12.9. The van der Waals surface area contributed by atoms with Crippen molar-refractivity contribution in [2.45, 2.75) is 32.2 Å². The molecule has 0 N–H and O–H groups in total. The third-order valence-electron chi connectivity index (χ3n) is 2.95. The fraction of sp³-hybridized carbons (Fsp3) is 0.385. The third-order valence-corrected chi connectivity index (χ3v) is 4.26. The lowest BCUT2D eigenvalue weighted by atomic mass is 10.1. The minimum absolute atomic E-state index is 0.0210. The summed E-state index contributed by atoms with van der Waals surface area (Å²) in [6, 6.07) is 6.73. The minimum atomic E-state index is -5.60. The summed E-state index contributed by atoms with van der Waals surface area (Å²) in [6.45, 7) is 4.94. The predicted molar refractivity (Wildman–Crippen MR) is 74.7 cm³/mol. The highest BCUT2D eigenvalue weighted by Gasteiger charge is 2.49. The van der Waals surface area contributed by atoms with E-state index in [0.29, 0.717) is 5.56 Å². The van der Waals surface area contributed by atoms with Crippen molar-refractivity contribution in [1.29, 1.82) is 0 Å². The Morgan fingerprint density at radius 3 is 2.14 bits per heavy atom. The molecule has 0 atom stereocenters. The molecule has 0 unspecified atom stereocenters. The van der Waals surface area contributed by atoms with Gasteiger partial charge in [0.15, 0.2) is 5.82 Å². The summed E-state index contributed by atoms with van der Waals surface area (Å²) in [4.78, 5) is 3.96. The Labute approximate surface area is 125 Å². The monoisotopic (exact) mass is 333 g/mol. The summed E-state index contributed by atoms with van der Waals surface area (Å²) >= 11 is 0. The Morgan fingerprint density at radius 1 is 1.14 bits per heavy atom. The van der Waals surface area contributed by atoms with Crippen LogP contribution in [0.2, 0.25) is 0 Å². The van der Waals surface area contributed by atoms with Crippen molar-refractivity contribution >= 4 is 10.0 Å². The number of aryl methyl sites for hydroxylation is 1. The molecule has 1 heterocycles. The number of halogens is 3. The second kappa shape index (κ2) is 5.38. The van der Waals surface area contributed by atoms with Gasteiger partial charge in [0, 0.05) is 11.5 Å². The summed E-state index contributed by atoms with van der Waals surface area (Å²) in [7, 11) is -5.60. The first-order valence-electron chi connectivity index (χ1n) is 6.40. The molecule has 0 saturated carbocycles. The van der Waals surface area contributed by atoms with Crippen molar-refractivity contribution in [3.05, 3.63) is 35.7 Å². The van der Waals surface area contributed by atoms with Gasteiger partial charge >= 0.3 is 15.5 Å². The van der Waals surface area contributed by atoms with Gasteiger partial charge in [-0.25, -0.2) is 4.98 Å². The smallest absolute Gasteiger partial charge is 0.210 e. The van der Waals surface area contributed by atoms with E-state index in [-0.39, 0.29) is 15.7 Å². The molecular weight excluding hydrogens is 319 g/mol. The molecule has 9 heteroatoms. The Hall–Kier alpha value is -1.90. The van der Waals surface area contributed by atoms with Crippen LogP contribution < -0.4 is 0 Å². The second-order valence-corrected chi connectivity index (χ2v) is 6.87. The van der Waals surface area contributed by atoms with Crippen molar-refractivity contribution in [2.24, 2.45) is 0 Å². The Kier molecular flexibility index (Phi) is 4.03. The molecule has 0 radical (unpaired) electrons. The first-order valence-corrected chi connectivity index (χ1v) is 7.84. The Balaban J connectivity index is 2.64. The average Bonchev–Trinajstić information content (AvgIpc) is 2.84. The predicted octanol–water partition coefficient (Wildman–Crippen LogP) is 3.07. The molecule has 1 aromatic carbocycles. The number of nitrogens with zero attached hydrogens (tertiary/aromatic N) is 3. The zero-order valence-electron chi connectivity index (χ0n) is 12.1. The van der Waals surface area contributed by atoms with Crippen LogP contribution in [0.15, 0.2) is 24.3 Å². The molecule has 1 aromatic heterocycles. The van der Waals surface area contributed by atoms with Crippen molar-refractivity contribution in [3.8, 4) is 11.4 Å². The van der Waals surface area contributed by atoms with Crippen LogP contribution >= 0.6 is 0 Å². The van der Waals surface area contributed by atoms with Crippen molar-refractivity contribution in [2.75, 3.05) is 0 Å². The maximum Gasteiger partial charge on any atom is 0.518 e. The molecule has 0 aliphatic rings. The summed E-state index contributed by atoms with van der Waals surface area (Å²) in [5.41, 5.74) is -4.03. The van der Waals surface area contributed by atoms with Gasteiger partial charge in [-0.05, 0) is 6.92 Å². The number of hydrogen-bond donors (Lipinski definition) is 0. The molecular formula is C13H14F3N3O2S. The topological polar surface area (TPSA) is 64.8 Å². The summed E-state index contributed by atoms with van der Waals surface area (Å²) < 4.78 is 61.5. The maximum atomic E-state index is 12.8. The Bertz CT molecular complexity index is 778. The molecule has 0 bridgehead atoms. The van der Waals surface area contributed by atoms with E-state index < -0.39 is 21.4 Å². The fourth-order valence-electron chi connectivity index (χ4n) is 1.76. The molecule has 2 aromatic rings. The van der Waals surface area contributed by atoms with Gasteiger partial charge in [-0.2, -0.15) is 21.6 Å². The number of hydrogen-bond acceptors (Lipinski definition) is 4. The van der Waals surface area contributed by atoms with Crippen LogP contribution in [0.25, 0.3) is 11.4 Å². The third kappa shape index (κ3) is 2.85. The van der Waals surface area contributed by atoms with Gasteiger partial charge in [-0.1, -0.05) is 43.7 Å². The number of benzene rings is 1. The number of rotatable bonds is 3. The average molecular weight is 333 g/mol. The van der Waals surface area contributed by atoms with E-state index in [2.05, 4.69) is 10.1 Å². The minimum Gasteiger partial charge on any atom is -0.210 e. The van der Waals surface area contributed by atoms with Crippen LogP contribution in [0.4, 0.5) is 13.2 Å². The highest BCUT2D eigenvalue weighted by molar-refractivity contribution is 7.90. The van der Waals surface area contributed by atoms with Crippen LogP contribution in [-0.4, -0.2) is 28.1 Å². The van der Waals surface area contributed by atoms with Crippen LogP contribution in [-0.2, 0) is 10.0 Å². The highest BCUT2D eigenvalue weighted by atomic mass is 32.2. The SMILES string of the molecule is Cc1ccc(-c2nc(C(C)C)n(S(=O)(=O)C(F)(F)F)n2)cc1.